The van der Waals surface area contributed by atoms with Crippen LogP contribution in [0.25, 0.3) is 0 Å². The quantitative estimate of drug-likeness (QED) is 0.821. The lowest BCUT2D eigenvalue weighted by molar-refractivity contribution is -0.137. The number of amides is 2. The van der Waals surface area contributed by atoms with Crippen LogP contribution in [0, 0.1) is 5.92 Å². The number of hydrogen-bond acceptors (Lipinski definition) is 4. The minimum Gasteiger partial charge on any atom is -0.467 e. The smallest absolute Gasteiger partial charge is 0.240 e. The average molecular weight is 404 g/mol. The van der Waals surface area contributed by atoms with Crippen molar-refractivity contribution in [2.24, 2.45) is 5.92 Å². The number of carbonyl (C=O) groups excluding carboxylic acids is 2. The zero-order chi connectivity index (χ0) is 18.6. The average Bonchev–Trinajstić information content (AvgIpc) is 3.25. The van der Waals surface area contributed by atoms with Crippen LogP contribution in [0.3, 0.4) is 0 Å². The first-order valence-electron chi connectivity index (χ1n) is 9.60. The molecule has 2 aliphatic rings. The number of furan rings is 1. The van der Waals surface area contributed by atoms with E-state index in [0.717, 1.165) is 18.7 Å². The Morgan fingerprint density at radius 3 is 2.57 bits per heavy atom. The zero-order valence-corrected chi connectivity index (χ0v) is 16.5. The lowest BCUT2D eigenvalue weighted by atomic mass is 9.92. The van der Waals surface area contributed by atoms with Crippen LogP contribution < -0.4 is 10.6 Å². The SMILES string of the molecule is Cl.O=C(NCc1ccco1)C1CCN(C(=O)C2Cc3ccccc3CN2)CC1. The second kappa shape index (κ2) is 9.26. The van der Waals surface area contributed by atoms with Crippen LogP contribution in [-0.4, -0.2) is 35.8 Å². The number of rotatable bonds is 4. The van der Waals surface area contributed by atoms with E-state index >= 15 is 0 Å². The van der Waals surface area contributed by atoms with Crippen LogP contribution in [0.5, 0.6) is 0 Å². The fraction of sp³-hybridized carbons (Fsp3) is 0.429. The summed E-state index contributed by atoms with van der Waals surface area (Å²) in [5, 5.41) is 6.29. The summed E-state index contributed by atoms with van der Waals surface area (Å²) >= 11 is 0. The topological polar surface area (TPSA) is 74.6 Å². The van der Waals surface area contributed by atoms with Gasteiger partial charge in [0.05, 0.1) is 18.8 Å². The van der Waals surface area contributed by atoms with Gasteiger partial charge >= 0.3 is 0 Å². The Bertz CT molecular complexity index is 801. The highest BCUT2D eigenvalue weighted by Crippen LogP contribution is 2.21. The molecule has 4 rings (SSSR count). The standard InChI is InChI=1S/C21H25N3O3.ClH/c25-20(23-14-18-6-3-11-27-18)15-7-9-24(10-8-15)21(26)19-12-16-4-1-2-5-17(16)13-22-19;/h1-6,11,15,19,22H,7-10,12-14H2,(H,23,25);1H. The molecule has 1 atom stereocenters. The van der Waals surface area contributed by atoms with Crippen molar-refractivity contribution in [2.75, 3.05) is 13.1 Å². The van der Waals surface area contributed by atoms with Crippen molar-refractivity contribution in [1.29, 1.82) is 0 Å². The lowest BCUT2D eigenvalue weighted by Gasteiger charge is -2.35. The lowest BCUT2D eigenvalue weighted by Crippen LogP contribution is -2.52. The Hall–Kier alpha value is -2.31. The van der Waals surface area contributed by atoms with Crippen molar-refractivity contribution in [3.8, 4) is 0 Å². The van der Waals surface area contributed by atoms with E-state index in [1.165, 1.54) is 11.1 Å². The molecule has 0 spiro atoms. The molecular weight excluding hydrogens is 378 g/mol. The molecule has 0 aliphatic carbocycles. The molecule has 2 aromatic rings. The van der Waals surface area contributed by atoms with Crippen molar-refractivity contribution < 1.29 is 14.0 Å². The minimum absolute atomic E-state index is 0. The van der Waals surface area contributed by atoms with Gasteiger partial charge in [-0.3, -0.25) is 9.59 Å². The maximum Gasteiger partial charge on any atom is 0.240 e. The van der Waals surface area contributed by atoms with Crippen LogP contribution in [0.1, 0.15) is 29.7 Å². The van der Waals surface area contributed by atoms with Gasteiger partial charge in [0.1, 0.15) is 5.76 Å². The normalized spacial score (nSPS) is 19.4. The van der Waals surface area contributed by atoms with Crippen molar-refractivity contribution in [3.63, 3.8) is 0 Å². The summed E-state index contributed by atoms with van der Waals surface area (Å²) in [7, 11) is 0. The van der Waals surface area contributed by atoms with E-state index < -0.39 is 0 Å². The molecule has 0 bridgehead atoms. The molecule has 6 nitrogen and oxygen atoms in total. The highest BCUT2D eigenvalue weighted by atomic mass is 35.5. The number of nitrogens with one attached hydrogen (secondary N) is 2. The Morgan fingerprint density at radius 1 is 1.11 bits per heavy atom. The third kappa shape index (κ3) is 4.56. The van der Waals surface area contributed by atoms with Gasteiger partial charge in [-0.25, -0.2) is 0 Å². The molecule has 3 heterocycles. The maximum atomic E-state index is 12.9. The molecule has 1 aromatic heterocycles. The zero-order valence-electron chi connectivity index (χ0n) is 15.7. The van der Waals surface area contributed by atoms with E-state index in [2.05, 4.69) is 22.8 Å². The first kappa shape index (κ1) is 20.4. The van der Waals surface area contributed by atoms with Crippen molar-refractivity contribution in [1.82, 2.24) is 15.5 Å². The Kier molecular flexibility index (Phi) is 6.75. The van der Waals surface area contributed by atoms with Crippen molar-refractivity contribution in [2.45, 2.75) is 38.4 Å². The molecular formula is C21H26ClN3O3. The molecule has 0 radical (unpaired) electrons. The molecule has 2 N–H and O–H groups in total. The number of likely N-dealkylation sites (tertiary alicyclic amines) is 1. The summed E-state index contributed by atoms with van der Waals surface area (Å²) in [6.45, 7) is 2.42. The van der Waals surface area contributed by atoms with E-state index in [1.54, 1.807) is 6.26 Å². The van der Waals surface area contributed by atoms with Crippen LogP contribution in [0.15, 0.2) is 47.1 Å². The number of fused-ring (bicyclic) bond motifs is 1. The third-order valence-corrected chi connectivity index (χ3v) is 5.57. The van der Waals surface area contributed by atoms with E-state index in [-0.39, 0.29) is 36.2 Å². The predicted octanol–water partition coefficient (Wildman–Crippen LogP) is 2.27. The van der Waals surface area contributed by atoms with Gasteiger partial charge in [0.25, 0.3) is 0 Å². The molecule has 28 heavy (non-hydrogen) atoms. The second-order valence-corrected chi connectivity index (χ2v) is 7.30. The number of halogens is 1. The first-order valence-corrected chi connectivity index (χ1v) is 9.60. The number of nitrogens with zero attached hydrogens (tertiary/aromatic N) is 1. The number of carbonyl (C=O) groups is 2. The van der Waals surface area contributed by atoms with Crippen LogP contribution in [0.4, 0.5) is 0 Å². The fourth-order valence-electron chi connectivity index (χ4n) is 3.94. The highest BCUT2D eigenvalue weighted by molar-refractivity contribution is 5.85. The molecule has 2 aliphatic heterocycles. The number of benzene rings is 1. The summed E-state index contributed by atoms with van der Waals surface area (Å²) < 4.78 is 5.24. The predicted molar refractivity (Wildman–Crippen MR) is 108 cm³/mol. The summed E-state index contributed by atoms with van der Waals surface area (Å²) in [6, 6.07) is 11.8. The Labute approximate surface area is 171 Å². The Morgan fingerprint density at radius 2 is 1.86 bits per heavy atom. The van der Waals surface area contributed by atoms with Crippen molar-refractivity contribution in [3.05, 3.63) is 59.5 Å². The van der Waals surface area contributed by atoms with Crippen LogP contribution >= 0.6 is 12.4 Å². The Balaban J connectivity index is 0.00000225. The summed E-state index contributed by atoms with van der Waals surface area (Å²) in [6.07, 6.45) is 3.75. The number of piperidine rings is 1. The molecule has 1 unspecified atom stereocenters. The molecule has 7 heteroatoms. The van der Waals surface area contributed by atoms with Crippen molar-refractivity contribution >= 4 is 24.2 Å². The fourth-order valence-corrected chi connectivity index (χ4v) is 3.94. The molecule has 150 valence electrons. The van der Waals surface area contributed by atoms with Gasteiger partial charge in [-0.05, 0) is 42.5 Å². The summed E-state index contributed by atoms with van der Waals surface area (Å²) in [4.78, 5) is 27.1. The van der Waals surface area contributed by atoms with E-state index in [9.17, 15) is 9.59 Å². The summed E-state index contributed by atoms with van der Waals surface area (Å²) in [5.74, 6) is 0.908. The molecule has 0 saturated carbocycles. The van der Waals surface area contributed by atoms with Gasteiger partial charge in [-0.15, -0.1) is 12.4 Å². The van der Waals surface area contributed by atoms with Gasteiger partial charge in [-0.2, -0.15) is 0 Å². The van der Waals surface area contributed by atoms with Gasteiger partial charge in [0.2, 0.25) is 11.8 Å². The molecule has 2 amide bonds. The van der Waals surface area contributed by atoms with Gasteiger partial charge < -0.3 is 20.0 Å². The first-order chi connectivity index (χ1) is 13.2. The van der Waals surface area contributed by atoms with Gasteiger partial charge in [-0.1, -0.05) is 24.3 Å². The van der Waals surface area contributed by atoms with Gasteiger partial charge in [0.15, 0.2) is 0 Å². The van der Waals surface area contributed by atoms with E-state index in [0.29, 0.717) is 32.5 Å². The van der Waals surface area contributed by atoms with Crippen LogP contribution in [0.2, 0.25) is 0 Å². The van der Waals surface area contributed by atoms with E-state index in [4.69, 9.17) is 4.42 Å². The minimum atomic E-state index is -0.163. The monoisotopic (exact) mass is 403 g/mol. The van der Waals surface area contributed by atoms with Gasteiger partial charge in [0, 0.05) is 25.6 Å². The maximum absolute atomic E-state index is 12.9. The van der Waals surface area contributed by atoms with Crippen LogP contribution in [-0.2, 0) is 29.1 Å². The van der Waals surface area contributed by atoms with E-state index in [1.807, 2.05) is 29.2 Å². The number of hydrogen-bond donors (Lipinski definition) is 2. The largest absolute Gasteiger partial charge is 0.467 e. The molecule has 1 saturated heterocycles. The third-order valence-electron chi connectivity index (χ3n) is 5.57. The second-order valence-electron chi connectivity index (χ2n) is 7.30. The molecule has 1 fully saturated rings. The highest BCUT2D eigenvalue weighted by Gasteiger charge is 2.32. The molecule has 1 aromatic carbocycles. The summed E-state index contributed by atoms with van der Waals surface area (Å²) in [5.41, 5.74) is 2.52.